The van der Waals surface area contributed by atoms with Gasteiger partial charge in [0.15, 0.2) is 23.9 Å². The normalized spacial score (nSPS) is 27.1. The number of ether oxygens (including phenoxy) is 2. The number of phenolic OH excluding ortho intramolecular Hbond substituents is 5. The number of aliphatic hydroxyl groups is 4. The van der Waals surface area contributed by atoms with Crippen molar-refractivity contribution in [3.8, 4) is 28.7 Å². The Labute approximate surface area is 186 Å². The van der Waals surface area contributed by atoms with E-state index in [-0.39, 0.29) is 5.56 Å². The van der Waals surface area contributed by atoms with Crippen LogP contribution in [-0.4, -0.2) is 88.6 Å². The Bertz CT molecular complexity index is 1000. The molecule has 3 rings (SSSR count). The number of phenols is 5. The molecule has 1 aliphatic heterocycles. The molecule has 0 spiro atoms. The molecular formula is C21H24O12. The summed E-state index contributed by atoms with van der Waals surface area (Å²) in [6, 6.07) is 4.63. The minimum atomic E-state index is -2.01. The molecule has 0 bridgehead atoms. The molecule has 7 atom stereocenters. The highest BCUT2D eigenvalue weighted by molar-refractivity contribution is 6.04. The standard InChI is InChI=1S/C21H24O12/c1-7-15(27)18(30)19(31)21(32-7)33-20(16(28)8-2-3-10(23)11(24)4-8)17(29)14-12(25)5-9(22)6-13(14)26/h2-7,15-16,18-28,30-31H,1H3/t7-,15-,16+,18+,19+,20-,21-/m0/s1. The van der Waals surface area contributed by atoms with Crippen molar-refractivity contribution in [3.63, 3.8) is 0 Å². The van der Waals surface area contributed by atoms with Gasteiger partial charge in [-0.2, -0.15) is 0 Å². The average molecular weight is 468 g/mol. The number of Topliss-reactive ketones (excluding diaryl/α,β-unsaturated/α-hetero) is 1. The van der Waals surface area contributed by atoms with E-state index < -0.39 is 83.0 Å². The van der Waals surface area contributed by atoms with Crippen LogP contribution in [0.1, 0.15) is 28.9 Å². The summed E-state index contributed by atoms with van der Waals surface area (Å²) in [5.41, 5.74) is -0.876. The van der Waals surface area contributed by atoms with Crippen molar-refractivity contribution in [2.75, 3.05) is 0 Å². The van der Waals surface area contributed by atoms with Gasteiger partial charge in [-0.15, -0.1) is 0 Å². The first-order chi connectivity index (χ1) is 15.4. The van der Waals surface area contributed by atoms with E-state index in [1.165, 1.54) is 6.92 Å². The lowest BCUT2D eigenvalue weighted by molar-refractivity contribution is -0.304. The van der Waals surface area contributed by atoms with E-state index in [0.29, 0.717) is 0 Å². The molecule has 0 radical (unpaired) electrons. The van der Waals surface area contributed by atoms with Gasteiger partial charge in [-0.25, -0.2) is 0 Å². The topological polar surface area (TPSA) is 218 Å². The van der Waals surface area contributed by atoms with E-state index >= 15 is 0 Å². The predicted molar refractivity (Wildman–Crippen MR) is 108 cm³/mol. The Kier molecular flexibility index (Phi) is 6.97. The lowest BCUT2D eigenvalue weighted by Gasteiger charge is -2.40. The van der Waals surface area contributed by atoms with Gasteiger partial charge in [0.25, 0.3) is 0 Å². The number of carbonyl (C=O) groups excluding carboxylic acids is 1. The van der Waals surface area contributed by atoms with Crippen LogP contribution in [0.2, 0.25) is 0 Å². The summed E-state index contributed by atoms with van der Waals surface area (Å²) in [4.78, 5) is 13.2. The lowest BCUT2D eigenvalue weighted by Crippen LogP contribution is -2.58. The summed E-state index contributed by atoms with van der Waals surface area (Å²) < 4.78 is 10.8. The Hall–Kier alpha value is -3.13. The number of carbonyl (C=O) groups is 1. The number of benzene rings is 2. The molecule has 180 valence electrons. The number of aliphatic hydroxyl groups excluding tert-OH is 4. The zero-order valence-electron chi connectivity index (χ0n) is 17.2. The number of rotatable bonds is 6. The largest absolute Gasteiger partial charge is 0.508 e. The molecule has 0 saturated carbocycles. The highest BCUT2D eigenvalue weighted by atomic mass is 16.7. The maximum absolute atomic E-state index is 13.2. The van der Waals surface area contributed by atoms with Gasteiger partial charge in [0.1, 0.15) is 47.2 Å². The van der Waals surface area contributed by atoms with Gasteiger partial charge in [0.2, 0.25) is 5.78 Å². The van der Waals surface area contributed by atoms with Crippen LogP contribution in [0, 0.1) is 0 Å². The molecule has 33 heavy (non-hydrogen) atoms. The molecule has 0 aliphatic carbocycles. The smallest absolute Gasteiger partial charge is 0.202 e. The predicted octanol–water partition coefficient (Wildman–Crippen LogP) is -0.656. The molecule has 2 aromatic rings. The second-order valence-electron chi connectivity index (χ2n) is 7.65. The summed E-state index contributed by atoms with van der Waals surface area (Å²) in [5.74, 6) is -4.61. The molecule has 1 saturated heterocycles. The van der Waals surface area contributed by atoms with Crippen LogP contribution < -0.4 is 0 Å². The third kappa shape index (κ3) is 4.80. The molecule has 12 heteroatoms. The number of aromatic hydroxyl groups is 5. The second-order valence-corrected chi connectivity index (χ2v) is 7.65. The maximum Gasteiger partial charge on any atom is 0.202 e. The van der Waals surface area contributed by atoms with Gasteiger partial charge in [-0.1, -0.05) is 6.07 Å². The first-order valence-electron chi connectivity index (χ1n) is 9.76. The minimum Gasteiger partial charge on any atom is -0.508 e. The fourth-order valence-corrected chi connectivity index (χ4v) is 3.44. The van der Waals surface area contributed by atoms with E-state index in [2.05, 4.69) is 0 Å². The minimum absolute atomic E-state index is 0.139. The summed E-state index contributed by atoms with van der Waals surface area (Å²) in [6.45, 7) is 1.36. The third-order valence-electron chi connectivity index (χ3n) is 5.30. The number of ketones is 1. The van der Waals surface area contributed by atoms with Crippen LogP contribution in [0.25, 0.3) is 0 Å². The SMILES string of the molecule is C[C@@H]1O[C@@H](O[C@H](C(=O)c2c(O)cc(O)cc2O)[C@H](O)c2ccc(O)c(O)c2)[C@H](O)[C@H](O)[C@H]1O. The fourth-order valence-electron chi connectivity index (χ4n) is 3.44. The molecule has 12 nitrogen and oxygen atoms in total. The number of hydrogen-bond acceptors (Lipinski definition) is 12. The van der Waals surface area contributed by atoms with Crippen molar-refractivity contribution in [1.29, 1.82) is 0 Å². The first-order valence-corrected chi connectivity index (χ1v) is 9.76. The molecule has 1 aliphatic rings. The molecule has 0 amide bonds. The third-order valence-corrected chi connectivity index (χ3v) is 5.30. The zero-order chi connectivity index (χ0) is 24.6. The van der Waals surface area contributed by atoms with Crippen molar-refractivity contribution < 1.29 is 60.2 Å². The Morgan fingerprint density at radius 2 is 1.48 bits per heavy atom. The maximum atomic E-state index is 13.2. The van der Waals surface area contributed by atoms with Crippen molar-refractivity contribution in [2.45, 2.75) is 49.8 Å². The highest BCUT2D eigenvalue weighted by Crippen LogP contribution is 2.37. The van der Waals surface area contributed by atoms with E-state index in [0.717, 1.165) is 30.3 Å². The summed E-state index contributed by atoms with van der Waals surface area (Å²) >= 11 is 0. The van der Waals surface area contributed by atoms with Crippen LogP contribution in [0.3, 0.4) is 0 Å². The van der Waals surface area contributed by atoms with Gasteiger partial charge in [0, 0.05) is 12.1 Å². The fraction of sp³-hybridized carbons (Fsp3) is 0.381. The molecule has 9 N–H and O–H groups in total. The summed E-state index contributed by atoms with van der Waals surface area (Å²) in [6.07, 6.45) is -11.8. The first kappa shape index (κ1) is 24.5. The van der Waals surface area contributed by atoms with Crippen molar-refractivity contribution in [3.05, 3.63) is 41.5 Å². The molecular weight excluding hydrogens is 444 g/mol. The van der Waals surface area contributed by atoms with E-state index in [4.69, 9.17) is 9.47 Å². The van der Waals surface area contributed by atoms with E-state index in [1.54, 1.807) is 0 Å². The zero-order valence-corrected chi connectivity index (χ0v) is 17.2. The van der Waals surface area contributed by atoms with Crippen LogP contribution in [0.15, 0.2) is 30.3 Å². The number of hydrogen-bond donors (Lipinski definition) is 9. The van der Waals surface area contributed by atoms with Crippen LogP contribution in [0.4, 0.5) is 0 Å². The van der Waals surface area contributed by atoms with Gasteiger partial charge in [0.05, 0.1) is 6.10 Å². The molecule has 1 fully saturated rings. The second kappa shape index (κ2) is 9.39. The lowest BCUT2D eigenvalue weighted by atomic mass is 9.94. The van der Waals surface area contributed by atoms with Gasteiger partial charge in [-0.05, 0) is 24.6 Å². The summed E-state index contributed by atoms with van der Waals surface area (Å²) in [5, 5.41) is 89.9. The quantitative estimate of drug-likeness (QED) is 0.191. The Morgan fingerprint density at radius 1 is 0.879 bits per heavy atom. The van der Waals surface area contributed by atoms with Gasteiger partial charge < -0.3 is 55.4 Å². The van der Waals surface area contributed by atoms with Crippen LogP contribution in [0.5, 0.6) is 28.7 Å². The van der Waals surface area contributed by atoms with E-state index in [1.807, 2.05) is 0 Å². The Morgan fingerprint density at radius 3 is 2.06 bits per heavy atom. The van der Waals surface area contributed by atoms with Gasteiger partial charge >= 0.3 is 0 Å². The van der Waals surface area contributed by atoms with Crippen LogP contribution >= 0.6 is 0 Å². The summed E-state index contributed by atoms with van der Waals surface area (Å²) in [7, 11) is 0. The molecule has 0 aromatic heterocycles. The Balaban J connectivity index is 2.02. The van der Waals surface area contributed by atoms with Crippen molar-refractivity contribution >= 4 is 5.78 Å². The molecule has 2 aromatic carbocycles. The van der Waals surface area contributed by atoms with E-state index in [9.17, 15) is 50.8 Å². The monoisotopic (exact) mass is 468 g/mol. The molecule has 1 heterocycles. The highest BCUT2D eigenvalue weighted by Gasteiger charge is 2.45. The molecule has 0 unspecified atom stereocenters. The van der Waals surface area contributed by atoms with Gasteiger partial charge in [-0.3, -0.25) is 4.79 Å². The van der Waals surface area contributed by atoms with Crippen LogP contribution in [-0.2, 0) is 9.47 Å². The van der Waals surface area contributed by atoms with Crippen molar-refractivity contribution in [1.82, 2.24) is 0 Å². The average Bonchev–Trinajstić information content (AvgIpc) is 2.74. The van der Waals surface area contributed by atoms with Crippen molar-refractivity contribution in [2.24, 2.45) is 0 Å².